The van der Waals surface area contributed by atoms with E-state index in [0.29, 0.717) is 6.42 Å². The zero-order valence-corrected chi connectivity index (χ0v) is 25.8. The van der Waals surface area contributed by atoms with Gasteiger partial charge in [-0.3, -0.25) is 4.79 Å². The van der Waals surface area contributed by atoms with Crippen LogP contribution in [-0.4, -0.2) is 17.1 Å². The van der Waals surface area contributed by atoms with Gasteiger partial charge in [-0.1, -0.05) is 121 Å². The van der Waals surface area contributed by atoms with Crippen LogP contribution in [-0.2, 0) is 16.6 Å². The van der Waals surface area contributed by atoms with Crippen molar-refractivity contribution in [3.05, 3.63) is 89.0 Å². The Morgan fingerprint density at radius 2 is 1.57 bits per heavy atom. The van der Waals surface area contributed by atoms with Crippen LogP contribution in [0.4, 0.5) is 5.69 Å². The largest absolute Gasteiger partial charge is 0.457 e. The van der Waals surface area contributed by atoms with E-state index in [1.807, 2.05) is 36.4 Å². The van der Waals surface area contributed by atoms with E-state index in [-0.39, 0.29) is 23.3 Å². The zero-order chi connectivity index (χ0) is 29.5. The highest BCUT2D eigenvalue weighted by Gasteiger charge is 2.29. The first kappa shape index (κ1) is 30.4. The molecule has 0 aromatic heterocycles. The van der Waals surface area contributed by atoms with Gasteiger partial charge in [-0.05, 0) is 59.9 Å². The Kier molecular flexibility index (Phi) is 10.1. The number of nitrogens with one attached hydrogen (secondary N) is 1. The highest BCUT2D eigenvalue weighted by molar-refractivity contribution is 5.93. The zero-order valence-electron chi connectivity index (χ0n) is 25.8. The van der Waals surface area contributed by atoms with Gasteiger partial charge in [0.25, 0.3) is 0 Å². The molecule has 1 atom stereocenters. The number of amides is 1. The molecule has 1 amide bonds. The molecule has 1 fully saturated rings. The standard InChI is InChI=1S/C38H49NO3/c1-38(2,3)33-24-22-28(21-23-29(40)16-8-7-15-27-13-5-4-6-14-27)25-34(33)39-37(41)26-32-30-17-9-11-19-35(30)42-36-20-12-10-18-31(32)36/h9-12,17-20,22,24-25,27,29,32,40H,4-8,13-16,21,23,26H2,1-3H3,(H,39,41)/t29-/m0/s1. The predicted octanol–water partition coefficient (Wildman–Crippen LogP) is 9.68. The molecule has 42 heavy (non-hydrogen) atoms. The van der Waals surface area contributed by atoms with E-state index >= 15 is 0 Å². The first-order chi connectivity index (χ1) is 20.3. The molecule has 3 aromatic carbocycles. The Hall–Kier alpha value is -3.11. The van der Waals surface area contributed by atoms with Crippen LogP contribution in [0.3, 0.4) is 0 Å². The van der Waals surface area contributed by atoms with Crippen LogP contribution in [0.1, 0.15) is 120 Å². The van der Waals surface area contributed by atoms with Crippen molar-refractivity contribution in [1.29, 1.82) is 0 Å². The number of aliphatic hydroxyl groups excluding tert-OH is 1. The number of ether oxygens (including phenoxy) is 1. The third-order valence-electron chi connectivity index (χ3n) is 9.26. The van der Waals surface area contributed by atoms with Gasteiger partial charge >= 0.3 is 0 Å². The predicted molar refractivity (Wildman–Crippen MR) is 173 cm³/mol. The van der Waals surface area contributed by atoms with Gasteiger partial charge in [-0.25, -0.2) is 0 Å². The van der Waals surface area contributed by atoms with Crippen molar-refractivity contribution < 1.29 is 14.6 Å². The summed E-state index contributed by atoms with van der Waals surface area (Å²) in [6, 6.07) is 22.5. The number of para-hydroxylation sites is 2. The summed E-state index contributed by atoms with van der Waals surface area (Å²) in [5.74, 6) is 2.48. The Morgan fingerprint density at radius 3 is 2.24 bits per heavy atom. The van der Waals surface area contributed by atoms with Crippen LogP contribution < -0.4 is 10.1 Å². The molecule has 4 nitrogen and oxygen atoms in total. The molecule has 1 heterocycles. The molecule has 1 saturated carbocycles. The first-order valence-electron chi connectivity index (χ1n) is 16.2. The van der Waals surface area contributed by atoms with Crippen molar-refractivity contribution in [3.63, 3.8) is 0 Å². The van der Waals surface area contributed by atoms with E-state index in [9.17, 15) is 9.90 Å². The lowest BCUT2D eigenvalue weighted by atomic mass is 9.84. The summed E-state index contributed by atoms with van der Waals surface area (Å²) in [7, 11) is 0. The van der Waals surface area contributed by atoms with Crippen LogP contribution in [0.15, 0.2) is 66.7 Å². The third-order valence-corrected chi connectivity index (χ3v) is 9.26. The summed E-state index contributed by atoms with van der Waals surface area (Å²) in [5, 5.41) is 14.0. The van der Waals surface area contributed by atoms with Crippen LogP contribution in [0.2, 0.25) is 0 Å². The van der Waals surface area contributed by atoms with E-state index in [2.05, 4.69) is 56.4 Å². The van der Waals surface area contributed by atoms with Gasteiger partial charge in [0.1, 0.15) is 11.5 Å². The lowest BCUT2D eigenvalue weighted by Gasteiger charge is -2.28. The second-order valence-corrected chi connectivity index (χ2v) is 13.6. The van der Waals surface area contributed by atoms with Crippen LogP contribution in [0, 0.1) is 5.92 Å². The summed E-state index contributed by atoms with van der Waals surface area (Å²) in [4.78, 5) is 13.6. The molecule has 4 heteroatoms. The second kappa shape index (κ2) is 13.9. The van der Waals surface area contributed by atoms with E-state index < -0.39 is 0 Å². The van der Waals surface area contributed by atoms with E-state index in [1.54, 1.807) is 0 Å². The average molecular weight is 568 g/mol. The molecule has 0 bridgehead atoms. The highest BCUT2D eigenvalue weighted by atomic mass is 16.5. The molecule has 2 N–H and O–H groups in total. The Morgan fingerprint density at radius 1 is 0.905 bits per heavy atom. The number of carbonyl (C=O) groups excluding carboxylic acids is 1. The summed E-state index contributed by atoms with van der Waals surface area (Å²) in [5.41, 5.74) is 5.13. The van der Waals surface area contributed by atoms with Crippen molar-refractivity contribution in [2.24, 2.45) is 5.92 Å². The van der Waals surface area contributed by atoms with Crippen LogP contribution >= 0.6 is 0 Å². The number of rotatable bonds is 11. The van der Waals surface area contributed by atoms with Crippen molar-refractivity contribution in [1.82, 2.24) is 0 Å². The number of fused-ring (bicyclic) bond motifs is 2. The maximum Gasteiger partial charge on any atom is 0.225 e. The lowest BCUT2D eigenvalue weighted by Crippen LogP contribution is -2.22. The molecule has 0 radical (unpaired) electrons. The molecular formula is C38H49NO3. The van der Waals surface area contributed by atoms with E-state index in [0.717, 1.165) is 71.0 Å². The van der Waals surface area contributed by atoms with Crippen LogP contribution in [0.5, 0.6) is 11.5 Å². The molecule has 1 aliphatic heterocycles. The number of aliphatic hydroxyl groups is 1. The quantitative estimate of drug-likeness (QED) is 0.227. The minimum absolute atomic E-state index is 0.00726. The van der Waals surface area contributed by atoms with Crippen molar-refractivity contribution in [2.45, 2.75) is 115 Å². The molecule has 0 spiro atoms. The van der Waals surface area contributed by atoms with Gasteiger partial charge < -0.3 is 15.2 Å². The minimum atomic E-state index is -0.273. The molecule has 224 valence electrons. The number of carbonyl (C=O) groups is 1. The Labute approximate surface area is 252 Å². The van der Waals surface area contributed by atoms with E-state index in [4.69, 9.17) is 4.74 Å². The fourth-order valence-corrected chi connectivity index (χ4v) is 6.89. The topological polar surface area (TPSA) is 58.6 Å². The Balaban J connectivity index is 1.21. The van der Waals surface area contributed by atoms with Crippen LogP contribution in [0.25, 0.3) is 0 Å². The van der Waals surface area contributed by atoms with Gasteiger partial charge in [-0.15, -0.1) is 0 Å². The van der Waals surface area contributed by atoms with Gasteiger partial charge in [0.05, 0.1) is 6.10 Å². The Bertz CT molecular complexity index is 1290. The number of hydrogen-bond acceptors (Lipinski definition) is 3. The highest BCUT2D eigenvalue weighted by Crippen LogP contribution is 2.45. The van der Waals surface area contributed by atoms with E-state index in [1.165, 1.54) is 44.9 Å². The van der Waals surface area contributed by atoms with Crippen molar-refractivity contribution >= 4 is 11.6 Å². The smallest absolute Gasteiger partial charge is 0.225 e. The molecule has 2 aliphatic rings. The maximum absolute atomic E-state index is 13.6. The normalized spacial score (nSPS) is 16.3. The number of hydrogen-bond donors (Lipinski definition) is 2. The van der Waals surface area contributed by atoms with Gasteiger partial charge in [0.15, 0.2) is 0 Å². The number of aryl methyl sites for hydroxylation is 1. The molecule has 0 unspecified atom stereocenters. The first-order valence-corrected chi connectivity index (χ1v) is 16.2. The molecule has 0 saturated heterocycles. The molecular weight excluding hydrogens is 518 g/mol. The second-order valence-electron chi connectivity index (χ2n) is 13.6. The van der Waals surface area contributed by atoms with Crippen molar-refractivity contribution in [3.8, 4) is 11.5 Å². The SMILES string of the molecule is CC(C)(C)c1ccc(CC[C@@H](O)CCCCC2CCCCC2)cc1NC(=O)CC1c2ccccc2Oc2ccccc21. The van der Waals surface area contributed by atoms with Gasteiger partial charge in [-0.2, -0.15) is 0 Å². The van der Waals surface area contributed by atoms with Gasteiger partial charge in [0.2, 0.25) is 5.91 Å². The number of anilines is 1. The fraction of sp³-hybridized carbons (Fsp3) is 0.500. The fourth-order valence-electron chi connectivity index (χ4n) is 6.89. The monoisotopic (exact) mass is 567 g/mol. The summed E-state index contributed by atoms with van der Waals surface area (Å²) in [6.45, 7) is 6.54. The minimum Gasteiger partial charge on any atom is -0.457 e. The third kappa shape index (κ3) is 7.83. The average Bonchev–Trinajstić information content (AvgIpc) is 2.98. The summed E-state index contributed by atoms with van der Waals surface area (Å²) in [6.07, 6.45) is 13.2. The maximum atomic E-state index is 13.6. The lowest BCUT2D eigenvalue weighted by molar-refractivity contribution is -0.116. The molecule has 5 rings (SSSR count). The number of benzene rings is 3. The number of unbranched alkanes of at least 4 members (excludes halogenated alkanes) is 1. The van der Waals surface area contributed by atoms with Crippen molar-refractivity contribution in [2.75, 3.05) is 5.32 Å². The summed E-state index contributed by atoms with van der Waals surface area (Å²) < 4.78 is 6.14. The summed E-state index contributed by atoms with van der Waals surface area (Å²) >= 11 is 0. The molecule has 1 aliphatic carbocycles. The molecule has 3 aromatic rings. The van der Waals surface area contributed by atoms with Gasteiger partial charge in [0, 0.05) is 29.2 Å².